The lowest BCUT2D eigenvalue weighted by Gasteiger charge is -2.09. The highest BCUT2D eigenvalue weighted by Crippen LogP contribution is 2.25. The number of aryl methyl sites for hydroxylation is 1. The highest BCUT2D eigenvalue weighted by Gasteiger charge is 2.10. The number of hydrogen-bond acceptors (Lipinski definition) is 4. The van der Waals surface area contributed by atoms with Crippen LogP contribution in [0, 0.1) is 0 Å². The molecule has 1 aromatic carbocycles. The Balaban J connectivity index is 1.72. The third-order valence-corrected chi connectivity index (χ3v) is 4.48. The molecule has 6 heteroatoms. The molecule has 128 valence electrons. The quantitative estimate of drug-likeness (QED) is 0.662. The summed E-state index contributed by atoms with van der Waals surface area (Å²) in [4.78, 5) is 16.5. The van der Waals surface area contributed by atoms with Crippen LogP contribution in [0.25, 0.3) is 16.8 Å². The minimum absolute atomic E-state index is 0.115. The molecule has 4 bridgehead atoms. The second kappa shape index (κ2) is 6.93. The third kappa shape index (κ3) is 3.47. The molecular weight excluding hydrogens is 314 g/mol. The number of benzene rings is 1. The van der Waals surface area contributed by atoms with Crippen LogP contribution in [0.5, 0.6) is 0 Å². The van der Waals surface area contributed by atoms with E-state index < -0.39 is 0 Å². The number of rotatable bonds is 0. The molecular formula is C19H21N5O. The first-order chi connectivity index (χ1) is 12.3. The van der Waals surface area contributed by atoms with E-state index >= 15 is 0 Å². The standard InChI is InChI=1S/C19H21N5O/c25-18-7-2-1-4-14-5-3-6-15(12-14)16-13-22-24-11-8-17(23-19(16)24)20-9-10-21-18/h3,5-6,8,11-13H,1-2,4,7,9-10H2,(H,20,23)(H,21,25). The number of aromatic nitrogens is 3. The van der Waals surface area contributed by atoms with Crippen molar-refractivity contribution in [3.63, 3.8) is 0 Å². The van der Waals surface area contributed by atoms with E-state index in [2.05, 4.69) is 40.0 Å². The second-order valence-electron chi connectivity index (χ2n) is 6.32. The van der Waals surface area contributed by atoms with Gasteiger partial charge in [0, 0.05) is 31.3 Å². The van der Waals surface area contributed by atoms with E-state index in [-0.39, 0.29) is 5.91 Å². The number of hydrogen-bond donors (Lipinski definition) is 2. The number of anilines is 1. The van der Waals surface area contributed by atoms with Crippen molar-refractivity contribution in [2.75, 3.05) is 18.4 Å². The number of nitrogens with one attached hydrogen (secondary N) is 2. The fourth-order valence-corrected chi connectivity index (χ4v) is 3.16. The summed E-state index contributed by atoms with van der Waals surface area (Å²) in [6.07, 6.45) is 7.24. The SMILES string of the molecule is O=C1CCCCc2cccc(c2)-c2cnn3ccc(nc23)NCCN1. The lowest BCUT2D eigenvalue weighted by molar-refractivity contribution is -0.121. The van der Waals surface area contributed by atoms with Crippen LogP contribution in [0.2, 0.25) is 0 Å². The zero-order valence-electron chi connectivity index (χ0n) is 14.0. The van der Waals surface area contributed by atoms with E-state index in [9.17, 15) is 4.79 Å². The minimum Gasteiger partial charge on any atom is -0.368 e. The third-order valence-electron chi connectivity index (χ3n) is 4.48. The Labute approximate surface area is 146 Å². The smallest absolute Gasteiger partial charge is 0.220 e. The van der Waals surface area contributed by atoms with Crippen molar-refractivity contribution in [3.8, 4) is 11.1 Å². The summed E-state index contributed by atoms with van der Waals surface area (Å²) in [5.74, 6) is 0.899. The maximum Gasteiger partial charge on any atom is 0.220 e. The van der Waals surface area contributed by atoms with Crippen LogP contribution in [-0.2, 0) is 11.2 Å². The largest absolute Gasteiger partial charge is 0.368 e. The molecule has 2 N–H and O–H groups in total. The first kappa shape index (κ1) is 15.6. The van der Waals surface area contributed by atoms with Gasteiger partial charge in [-0.25, -0.2) is 9.50 Å². The molecule has 0 atom stereocenters. The Morgan fingerprint density at radius 1 is 1.04 bits per heavy atom. The summed E-state index contributed by atoms with van der Waals surface area (Å²) in [6, 6.07) is 10.4. The average Bonchev–Trinajstić information content (AvgIpc) is 3.05. The van der Waals surface area contributed by atoms with E-state index in [4.69, 9.17) is 4.98 Å². The summed E-state index contributed by atoms with van der Waals surface area (Å²) in [7, 11) is 0. The van der Waals surface area contributed by atoms with Crippen LogP contribution >= 0.6 is 0 Å². The van der Waals surface area contributed by atoms with Gasteiger partial charge in [-0.3, -0.25) is 4.79 Å². The Morgan fingerprint density at radius 3 is 2.88 bits per heavy atom. The first-order valence-electron chi connectivity index (χ1n) is 8.74. The lowest BCUT2D eigenvalue weighted by atomic mass is 10.0. The zero-order chi connectivity index (χ0) is 17.1. The average molecular weight is 335 g/mol. The predicted molar refractivity (Wildman–Crippen MR) is 97.5 cm³/mol. The van der Waals surface area contributed by atoms with Crippen LogP contribution in [0.4, 0.5) is 5.82 Å². The van der Waals surface area contributed by atoms with Gasteiger partial charge in [-0.15, -0.1) is 0 Å². The molecule has 0 spiro atoms. The summed E-state index contributed by atoms with van der Waals surface area (Å²) >= 11 is 0. The monoisotopic (exact) mass is 335 g/mol. The maximum atomic E-state index is 11.8. The van der Waals surface area contributed by atoms with Crippen LogP contribution in [-0.4, -0.2) is 33.6 Å². The molecule has 0 aliphatic carbocycles. The molecule has 1 amide bonds. The van der Waals surface area contributed by atoms with Crippen LogP contribution in [0.1, 0.15) is 24.8 Å². The van der Waals surface area contributed by atoms with Crippen molar-refractivity contribution in [2.45, 2.75) is 25.7 Å². The molecule has 6 nitrogen and oxygen atoms in total. The molecule has 25 heavy (non-hydrogen) atoms. The number of amides is 1. The molecule has 3 heterocycles. The van der Waals surface area contributed by atoms with Gasteiger partial charge in [0.1, 0.15) is 5.82 Å². The molecule has 1 aliphatic heterocycles. The summed E-state index contributed by atoms with van der Waals surface area (Å²) < 4.78 is 1.79. The van der Waals surface area contributed by atoms with Gasteiger partial charge in [0.15, 0.2) is 5.65 Å². The molecule has 0 radical (unpaired) electrons. The highest BCUT2D eigenvalue weighted by molar-refractivity contribution is 5.78. The summed E-state index contributed by atoms with van der Waals surface area (Å²) in [6.45, 7) is 1.24. The number of fused-ring (bicyclic) bond motifs is 4. The van der Waals surface area contributed by atoms with Crippen molar-refractivity contribution < 1.29 is 4.79 Å². The van der Waals surface area contributed by atoms with Gasteiger partial charge in [0.25, 0.3) is 0 Å². The summed E-state index contributed by atoms with van der Waals surface area (Å²) in [5, 5.41) is 10.6. The van der Waals surface area contributed by atoms with E-state index in [1.165, 1.54) is 5.56 Å². The molecule has 0 unspecified atom stereocenters. The van der Waals surface area contributed by atoms with Gasteiger partial charge in [0.2, 0.25) is 5.91 Å². The van der Waals surface area contributed by atoms with Gasteiger partial charge in [-0.2, -0.15) is 5.10 Å². The molecule has 2 aromatic heterocycles. The molecule has 4 rings (SSSR count). The van der Waals surface area contributed by atoms with Gasteiger partial charge < -0.3 is 10.6 Å². The van der Waals surface area contributed by atoms with Gasteiger partial charge in [0.05, 0.1) is 6.20 Å². The second-order valence-corrected chi connectivity index (χ2v) is 6.32. The number of carbonyl (C=O) groups excluding carboxylic acids is 1. The fourth-order valence-electron chi connectivity index (χ4n) is 3.16. The molecule has 1 aliphatic rings. The van der Waals surface area contributed by atoms with Crippen LogP contribution < -0.4 is 10.6 Å². The lowest BCUT2D eigenvalue weighted by Crippen LogP contribution is -2.28. The van der Waals surface area contributed by atoms with Crippen molar-refractivity contribution >= 4 is 17.4 Å². The van der Waals surface area contributed by atoms with Gasteiger partial charge in [-0.05, 0) is 36.5 Å². The van der Waals surface area contributed by atoms with Crippen molar-refractivity contribution in [1.82, 2.24) is 19.9 Å². The van der Waals surface area contributed by atoms with Crippen LogP contribution in [0.15, 0.2) is 42.7 Å². The summed E-state index contributed by atoms with van der Waals surface area (Å²) in [5.41, 5.74) is 4.27. The van der Waals surface area contributed by atoms with Gasteiger partial charge in [-0.1, -0.05) is 24.3 Å². The Hall–Kier alpha value is -2.89. The van der Waals surface area contributed by atoms with Crippen molar-refractivity contribution in [1.29, 1.82) is 0 Å². The van der Waals surface area contributed by atoms with E-state index in [0.717, 1.165) is 41.9 Å². The number of nitrogens with zero attached hydrogens (tertiary/aromatic N) is 3. The topological polar surface area (TPSA) is 71.3 Å². The molecule has 3 aromatic rings. The van der Waals surface area contributed by atoms with Crippen LogP contribution in [0.3, 0.4) is 0 Å². The Bertz CT molecular complexity index is 902. The normalized spacial score (nSPS) is 15.8. The fraction of sp³-hybridized carbons (Fsp3) is 0.316. The predicted octanol–water partition coefficient (Wildman–Crippen LogP) is 2.65. The Morgan fingerprint density at radius 2 is 1.92 bits per heavy atom. The Kier molecular flexibility index (Phi) is 4.33. The van der Waals surface area contributed by atoms with Gasteiger partial charge >= 0.3 is 0 Å². The minimum atomic E-state index is 0.115. The first-order valence-corrected chi connectivity index (χ1v) is 8.74. The molecule has 0 saturated heterocycles. The van der Waals surface area contributed by atoms with E-state index in [1.807, 2.05) is 18.5 Å². The zero-order valence-corrected chi connectivity index (χ0v) is 14.0. The van der Waals surface area contributed by atoms with E-state index in [0.29, 0.717) is 19.5 Å². The van der Waals surface area contributed by atoms with Crippen molar-refractivity contribution in [2.24, 2.45) is 0 Å². The molecule has 0 saturated carbocycles. The van der Waals surface area contributed by atoms with E-state index in [1.54, 1.807) is 4.52 Å². The number of carbonyl (C=O) groups is 1. The molecule has 0 fully saturated rings. The maximum absolute atomic E-state index is 11.8. The highest BCUT2D eigenvalue weighted by atomic mass is 16.1. The van der Waals surface area contributed by atoms with Crippen molar-refractivity contribution in [3.05, 3.63) is 48.3 Å².